The first-order chi connectivity index (χ1) is 8.65. The Morgan fingerprint density at radius 3 is 2.83 bits per heavy atom. The van der Waals surface area contributed by atoms with E-state index in [2.05, 4.69) is 36.2 Å². The quantitative estimate of drug-likeness (QED) is 0.879. The summed E-state index contributed by atoms with van der Waals surface area (Å²) in [5.41, 5.74) is 1.34. The molecule has 0 saturated carbocycles. The first kappa shape index (κ1) is 12.6. The van der Waals surface area contributed by atoms with Gasteiger partial charge in [-0.15, -0.1) is 0 Å². The van der Waals surface area contributed by atoms with Crippen molar-refractivity contribution in [2.75, 3.05) is 0 Å². The highest BCUT2D eigenvalue weighted by atomic mass is 79.9. The highest BCUT2D eigenvalue weighted by Crippen LogP contribution is 2.08. The minimum absolute atomic E-state index is 0.158. The van der Waals surface area contributed by atoms with Crippen LogP contribution in [0.3, 0.4) is 0 Å². The molecule has 5 nitrogen and oxygen atoms in total. The SMILES string of the molecule is Cc1nccc(CNC(=O)c2ccnc(Br)c2)n1. The average molecular weight is 307 g/mol. The maximum atomic E-state index is 11.9. The van der Waals surface area contributed by atoms with Gasteiger partial charge < -0.3 is 5.32 Å². The maximum Gasteiger partial charge on any atom is 0.251 e. The summed E-state index contributed by atoms with van der Waals surface area (Å²) < 4.78 is 0.632. The number of halogens is 1. The molecule has 0 aliphatic rings. The second-order valence-corrected chi connectivity index (χ2v) is 4.46. The van der Waals surface area contributed by atoms with Crippen molar-refractivity contribution in [3.05, 3.63) is 52.3 Å². The van der Waals surface area contributed by atoms with E-state index >= 15 is 0 Å². The van der Waals surface area contributed by atoms with Crippen molar-refractivity contribution in [1.82, 2.24) is 20.3 Å². The molecule has 6 heteroatoms. The molecule has 1 N–H and O–H groups in total. The summed E-state index contributed by atoms with van der Waals surface area (Å²) in [6.45, 7) is 2.19. The first-order valence-corrected chi connectivity index (χ1v) is 6.13. The van der Waals surface area contributed by atoms with E-state index < -0.39 is 0 Å². The molecule has 0 saturated heterocycles. The van der Waals surface area contributed by atoms with Crippen LogP contribution in [0.25, 0.3) is 0 Å². The van der Waals surface area contributed by atoms with Crippen LogP contribution in [0.15, 0.2) is 35.2 Å². The number of hydrogen-bond acceptors (Lipinski definition) is 4. The molecule has 18 heavy (non-hydrogen) atoms. The van der Waals surface area contributed by atoms with E-state index in [-0.39, 0.29) is 5.91 Å². The van der Waals surface area contributed by atoms with Gasteiger partial charge in [-0.05, 0) is 41.1 Å². The van der Waals surface area contributed by atoms with Gasteiger partial charge in [0.1, 0.15) is 10.4 Å². The molecule has 2 rings (SSSR count). The van der Waals surface area contributed by atoms with Crippen LogP contribution in [0.4, 0.5) is 0 Å². The molecule has 2 heterocycles. The van der Waals surface area contributed by atoms with E-state index in [0.29, 0.717) is 22.5 Å². The van der Waals surface area contributed by atoms with Gasteiger partial charge in [0.15, 0.2) is 0 Å². The third kappa shape index (κ3) is 3.33. The van der Waals surface area contributed by atoms with Crippen LogP contribution in [0, 0.1) is 6.92 Å². The Morgan fingerprint density at radius 2 is 2.11 bits per heavy atom. The van der Waals surface area contributed by atoms with Crippen molar-refractivity contribution in [2.45, 2.75) is 13.5 Å². The Kier molecular flexibility index (Phi) is 3.99. The molecule has 2 aromatic rings. The number of aryl methyl sites for hydroxylation is 1. The summed E-state index contributed by atoms with van der Waals surface area (Å²) in [7, 11) is 0. The molecule has 0 aliphatic carbocycles. The van der Waals surface area contributed by atoms with Gasteiger partial charge in [0.25, 0.3) is 5.91 Å². The van der Waals surface area contributed by atoms with E-state index in [1.165, 1.54) is 0 Å². The number of pyridine rings is 1. The summed E-state index contributed by atoms with van der Waals surface area (Å²) in [6, 6.07) is 5.10. The standard InChI is InChI=1S/C12H11BrN4O/c1-8-14-5-3-10(17-8)7-16-12(18)9-2-4-15-11(13)6-9/h2-6H,7H2,1H3,(H,16,18). The molecule has 0 bridgehead atoms. The molecule has 2 aromatic heterocycles. The van der Waals surface area contributed by atoms with Crippen LogP contribution in [-0.2, 0) is 6.54 Å². The molecule has 0 unspecified atom stereocenters. The highest BCUT2D eigenvalue weighted by molar-refractivity contribution is 9.10. The molecule has 0 fully saturated rings. The second kappa shape index (κ2) is 5.68. The average Bonchev–Trinajstić information content (AvgIpc) is 2.36. The molecule has 0 aromatic carbocycles. The van der Waals surface area contributed by atoms with Crippen LogP contribution >= 0.6 is 15.9 Å². The van der Waals surface area contributed by atoms with Gasteiger partial charge in [0.2, 0.25) is 0 Å². The summed E-state index contributed by atoms with van der Waals surface area (Å²) in [5, 5.41) is 2.79. The zero-order valence-corrected chi connectivity index (χ0v) is 11.3. The number of aromatic nitrogens is 3. The van der Waals surface area contributed by atoms with Gasteiger partial charge >= 0.3 is 0 Å². The van der Waals surface area contributed by atoms with Crippen molar-refractivity contribution in [3.63, 3.8) is 0 Å². The molecule has 0 spiro atoms. The van der Waals surface area contributed by atoms with Gasteiger partial charge in [0.05, 0.1) is 12.2 Å². The zero-order chi connectivity index (χ0) is 13.0. The van der Waals surface area contributed by atoms with Gasteiger partial charge in [-0.3, -0.25) is 4.79 Å². The summed E-state index contributed by atoms with van der Waals surface area (Å²) in [6.07, 6.45) is 3.25. The topological polar surface area (TPSA) is 67.8 Å². The Labute approximate surface area is 113 Å². The first-order valence-electron chi connectivity index (χ1n) is 5.33. The van der Waals surface area contributed by atoms with Crippen LogP contribution in [0.5, 0.6) is 0 Å². The lowest BCUT2D eigenvalue weighted by Crippen LogP contribution is -2.23. The van der Waals surface area contributed by atoms with Crippen LogP contribution in [0.2, 0.25) is 0 Å². The number of rotatable bonds is 3. The zero-order valence-electron chi connectivity index (χ0n) is 9.72. The van der Waals surface area contributed by atoms with Crippen molar-refractivity contribution in [2.24, 2.45) is 0 Å². The van der Waals surface area contributed by atoms with E-state index in [0.717, 1.165) is 5.69 Å². The normalized spacial score (nSPS) is 10.1. The van der Waals surface area contributed by atoms with Gasteiger partial charge in [-0.2, -0.15) is 0 Å². The smallest absolute Gasteiger partial charge is 0.251 e. The Hall–Kier alpha value is -1.82. The molecule has 0 atom stereocenters. The number of nitrogens with zero attached hydrogens (tertiary/aromatic N) is 3. The minimum atomic E-state index is -0.158. The third-order valence-corrected chi connectivity index (χ3v) is 2.69. The van der Waals surface area contributed by atoms with Crippen molar-refractivity contribution in [1.29, 1.82) is 0 Å². The molecular weight excluding hydrogens is 296 g/mol. The Morgan fingerprint density at radius 1 is 1.33 bits per heavy atom. The van der Waals surface area contributed by atoms with E-state index in [4.69, 9.17) is 0 Å². The fourth-order valence-electron chi connectivity index (χ4n) is 1.42. The van der Waals surface area contributed by atoms with Gasteiger partial charge in [0, 0.05) is 18.0 Å². The van der Waals surface area contributed by atoms with E-state index in [1.54, 1.807) is 30.6 Å². The fourth-order valence-corrected chi connectivity index (χ4v) is 1.79. The van der Waals surface area contributed by atoms with Crippen molar-refractivity contribution >= 4 is 21.8 Å². The lowest BCUT2D eigenvalue weighted by atomic mass is 10.2. The van der Waals surface area contributed by atoms with E-state index in [1.807, 2.05) is 6.92 Å². The van der Waals surface area contributed by atoms with Gasteiger partial charge in [-0.1, -0.05) is 0 Å². The lowest BCUT2D eigenvalue weighted by molar-refractivity contribution is 0.0950. The van der Waals surface area contributed by atoms with Crippen LogP contribution in [-0.4, -0.2) is 20.9 Å². The fraction of sp³-hybridized carbons (Fsp3) is 0.167. The third-order valence-electron chi connectivity index (χ3n) is 2.25. The minimum Gasteiger partial charge on any atom is -0.346 e. The highest BCUT2D eigenvalue weighted by Gasteiger charge is 2.06. The number of carbonyl (C=O) groups excluding carboxylic acids is 1. The number of carbonyl (C=O) groups is 1. The molecule has 0 aliphatic heterocycles. The largest absolute Gasteiger partial charge is 0.346 e. The molecule has 0 radical (unpaired) electrons. The summed E-state index contributed by atoms with van der Waals surface area (Å²) in [5.74, 6) is 0.530. The van der Waals surface area contributed by atoms with Crippen LogP contribution in [0.1, 0.15) is 21.9 Å². The van der Waals surface area contributed by atoms with E-state index in [9.17, 15) is 4.79 Å². The number of nitrogens with one attached hydrogen (secondary N) is 1. The Balaban J connectivity index is 2.00. The predicted octanol–water partition coefficient (Wildman–Crippen LogP) is 1.87. The lowest BCUT2D eigenvalue weighted by Gasteiger charge is -2.05. The molecule has 1 amide bonds. The predicted molar refractivity (Wildman–Crippen MR) is 69.9 cm³/mol. The monoisotopic (exact) mass is 306 g/mol. The summed E-state index contributed by atoms with van der Waals surface area (Å²) >= 11 is 3.22. The van der Waals surface area contributed by atoms with Crippen molar-refractivity contribution < 1.29 is 4.79 Å². The van der Waals surface area contributed by atoms with Crippen molar-refractivity contribution in [3.8, 4) is 0 Å². The number of amides is 1. The van der Waals surface area contributed by atoms with Crippen LogP contribution < -0.4 is 5.32 Å². The maximum absolute atomic E-state index is 11.9. The summed E-state index contributed by atoms with van der Waals surface area (Å²) in [4.78, 5) is 24.0. The second-order valence-electron chi connectivity index (χ2n) is 3.65. The molecular formula is C12H11BrN4O. The van der Waals surface area contributed by atoms with Gasteiger partial charge in [-0.25, -0.2) is 15.0 Å². The molecule has 92 valence electrons. The number of hydrogen-bond donors (Lipinski definition) is 1. The Bertz CT molecular complexity index is 574.